The van der Waals surface area contributed by atoms with E-state index in [1.807, 2.05) is 42.5 Å². The molecule has 31 heavy (non-hydrogen) atoms. The molecule has 1 saturated heterocycles. The van der Waals surface area contributed by atoms with Crippen LogP contribution in [0.5, 0.6) is 0 Å². The Bertz CT molecular complexity index is 1040. The first-order valence-corrected chi connectivity index (χ1v) is 11.6. The van der Waals surface area contributed by atoms with Gasteiger partial charge >= 0.3 is 0 Å². The molecule has 4 rings (SSSR count). The van der Waals surface area contributed by atoms with Gasteiger partial charge in [-0.05, 0) is 62.3 Å². The molecule has 0 unspecified atom stereocenters. The van der Waals surface area contributed by atoms with Gasteiger partial charge in [0.25, 0.3) is 0 Å². The molecule has 1 aliphatic heterocycles. The first-order chi connectivity index (χ1) is 15.1. The first-order valence-electron chi connectivity index (χ1n) is 10.4. The average molecular weight is 455 g/mol. The summed E-state index contributed by atoms with van der Waals surface area (Å²) >= 11 is 7.48. The minimum atomic E-state index is -0.278. The summed E-state index contributed by atoms with van der Waals surface area (Å²) in [6.45, 7) is 2.06. The number of nitrogens with one attached hydrogen (secondary N) is 1. The predicted molar refractivity (Wildman–Crippen MR) is 125 cm³/mol. The molecule has 0 radical (unpaired) electrons. The maximum Gasteiger partial charge on any atom is 0.227 e. The van der Waals surface area contributed by atoms with Crippen LogP contribution in [0.15, 0.2) is 82.6 Å². The van der Waals surface area contributed by atoms with Crippen molar-refractivity contribution < 1.29 is 9.18 Å². The molecule has 0 aromatic heterocycles. The van der Waals surface area contributed by atoms with Gasteiger partial charge in [-0.15, -0.1) is 0 Å². The van der Waals surface area contributed by atoms with Gasteiger partial charge in [0.15, 0.2) is 0 Å². The number of hydrogen-bond acceptors (Lipinski definition) is 3. The van der Waals surface area contributed by atoms with Crippen molar-refractivity contribution >= 4 is 35.0 Å². The van der Waals surface area contributed by atoms with Crippen LogP contribution in [0.25, 0.3) is 0 Å². The summed E-state index contributed by atoms with van der Waals surface area (Å²) in [7, 11) is 0. The fourth-order valence-corrected chi connectivity index (χ4v) is 4.83. The summed E-state index contributed by atoms with van der Waals surface area (Å²) in [6, 6.07) is 22.8. The van der Waals surface area contributed by atoms with Crippen LogP contribution >= 0.6 is 23.4 Å². The molecule has 1 heterocycles. The fourth-order valence-electron chi connectivity index (χ4n) is 3.75. The van der Waals surface area contributed by atoms with Gasteiger partial charge in [0, 0.05) is 32.8 Å². The van der Waals surface area contributed by atoms with Crippen LogP contribution in [0, 0.1) is 11.7 Å². The Kier molecular flexibility index (Phi) is 7.28. The highest BCUT2D eigenvalue weighted by molar-refractivity contribution is 7.99. The molecular weight excluding hydrogens is 431 g/mol. The van der Waals surface area contributed by atoms with E-state index in [9.17, 15) is 9.18 Å². The number of benzene rings is 3. The van der Waals surface area contributed by atoms with Crippen molar-refractivity contribution in [2.45, 2.75) is 29.2 Å². The number of piperidine rings is 1. The second kappa shape index (κ2) is 10.3. The zero-order valence-corrected chi connectivity index (χ0v) is 18.6. The molecule has 3 aromatic carbocycles. The Morgan fingerprint density at radius 1 is 1.03 bits per heavy atom. The number of likely N-dealkylation sites (tertiary alicyclic amines) is 1. The van der Waals surface area contributed by atoms with Crippen LogP contribution in [-0.2, 0) is 11.3 Å². The summed E-state index contributed by atoms with van der Waals surface area (Å²) in [5.74, 6) is -0.264. The van der Waals surface area contributed by atoms with Gasteiger partial charge in [-0.1, -0.05) is 59.8 Å². The number of nitrogens with zero attached hydrogens (tertiary/aromatic N) is 1. The van der Waals surface area contributed by atoms with Crippen molar-refractivity contribution in [1.29, 1.82) is 0 Å². The van der Waals surface area contributed by atoms with Crippen LogP contribution in [0.1, 0.15) is 18.4 Å². The lowest BCUT2D eigenvalue weighted by Crippen LogP contribution is -2.38. The van der Waals surface area contributed by atoms with Gasteiger partial charge in [0.05, 0.1) is 5.69 Å². The number of halogens is 2. The van der Waals surface area contributed by atoms with Crippen molar-refractivity contribution in [2.75, 3.05) is 18.4 Å². The van der Waals surface area contributed by atoms with E-state index in [1.165, 1.54) is 6.07 Å². The highest BCUT2D eigenvalue weighted by atomic mass is 35.5. The monoisotopic (exact) mass is 454 g/mol. The molecular formula is C25H24ClFN2OS. The summed E-state index contributed by atoms with van der Waals surface area (Å²) in [5.41, 5.74) is 1.48. The maximum atomic E-state index is 14.1. The van der Waals surface area contributed by atoms with Crippen molar-refractivity contribution in [2.24, 2.45) is 5.92 Å². The normalized spacial score (nSPS) is 15.0. The molecule has 6 heteroatoms. The third-order valence-electron chi connectivity index (χ3n) is 5.48. The second-order valence-corrected chi connectivity index (χ2v) is 9.24. The van der Waals surface area contributed by atoms with Crippen molar-refractivity contribution in [3.8, 4) is 0 Å². The highest BCUT2D eigenvalue weighted by Gasteiger charge is 2.26. The lowest BCUT2D eigenvalue weighted by molar-refractivity contribution is -0.121. The van der Waals surface area contributed by atoms with Gasteiger partial charge in [-0.25, -0.2) is 4.39 Å². The van der Waals surface area contributed by atoms with Gasteiger partial charge < -0.3 is 5.32 Å². The minimum absolute atomic E-state index is 0.0407. The quantitative estimate of drug-likeness (QED) is 0.462. The Labute approximate surface area is 191 Å². The zero-order chi connectivity index (χ0) is 21.6. The molecule has 1 aliphatic rings. The van der Waals surface area contributed by atoms with Gasteiger partial charge in [-0.2, -0.15) is 0 Å². The number of carbonyl (C=O) groups is 1. The molecule has 0 saturated carbocycles. The lowest BCUT2D eigenvalue weighted by atomic mass is 9.95. The Hall–Kier alpha value is -2.34. The van der Waals surface area contributed by atoms with Gasteiger partial charge in [0.2, 0.25) is 5.91 Å². The first kappa shape index (κ1) is 21.9. The molecule has 0 aliphatic carbocycles. The van der Waals surface area contributed by atoms with E-state index >= 15 is 0 Å². The Morgan fingerprint density at radius 2 is 1.74 bits per heavy atom. The van der Waals surface area contributed by atoms with E-state index in [0.29, 0.717) is 17.1 Å². The summed E-state index contributed by atoms with van der Waals surface area (Å²) in [6.07, 6.45) is 1.52. The Balaban J connectivity index is 1.33. The van der Waals surface area contributed by atoms with E-state index in [1.54, 1.807) is 23.9 Å². The summed E-state index contributed by atoms with van der Waals surface area (Å²) < 4.78 is 14.1. The third kappa shape index (κ3) is 5.88. The van der Waals surface area contributed by atoms with Crippen molar-refractivity contribution in [1.82, 2.24) is 4.90 Å². The minimum Gasteiger partial charge on any atom is -0.325 e. The lowest BCUT2D eigenvalue weighted by Gasteiger charge is -2.31. The van der Waals surface area contributed by atoms with E-state index in [4.69, 9.17) is 11.6 Å². The molecule has 1 fully saturated rings. The van der Waals surface area contributed by atoms with E-state index in [2.05, 4.69) is 22.3 Å². The standard InChI is InChI=1S/C25H24ClFN2OS/c26-20-11-10-19(22(27)16-20)17-29-14-12-18(13-15-29)25(30)28-23-8-4-5-9-24(23)31-21-6-2-1-3-7-21/h1-11,16,18H,12-15,17H2,(H,28,30). The number of carbonyl (C=O) groups excluding carboxylic acids is 1. The van der Waals surface area contributed by atoms with Gasteiger partial charge in [-0.3, -0.25) is 9.69 Å². The molecule has 3 aromatic rings. The predicted octanol–water partition coefficient (Wildman–Crippen LogP) is 6.48. The topological polar surface area (TPSA) is 32.3 Å². The summed E-state index contributed by atoms with van der Waals surface area (Å²) in [5, 5.41) is 3.53. The molecule has 0 spiro atoms. The summed E-state index contributed by atoms with van der Waals surface area (Å²) in [4.78, 5) is 17.3. The van der Waals surface area contributed by atoms with Gasteiger partial charge in [0.1, 0.15) is 5.82 Å². The third-order valence-corrected chi connectivity index (χ3v) is 6.80. The van der Waals surface area contributed by atoms with Crippen LogP contribution in [-0.4, -0.2) is 23.9 Å². The molecule has 0 bridgehead atoms. The number of hydrogen-bond donors (Lipinski definition) is 1. The van der Waals surface area contributed by atoms with Crippen LogP contribution < -0.4 is 5.32 Å². The maximum absolute atomic E-state index is 14.1. The number of rotatable bonds is 6. The van der Waals surface area contributed by atoms with E-state index < -0.39 is 0 Å². The number of anilines is 1. The number of amides is 1. The SMILES string of the molecule is O=C(Nc1ccccc1Sc1ccccc1)C1CCN(Cc2ccc(Cl)cc2F)CC1. The fraction of sp³-hybridized carbons (Fsp3) is 0.240. The molecule has 1 amide bonds. The number of para-hydroxylation sites is 1. The smallest absolute Gasteiger partial charge is 0.227 e. The second-order valence-electron chi connectivity index (χ2n) is 7.69. The van der Waals surface area contributed by atoms with Crippen molar-refractivity contribution in [3.63, 3.8) is 0 Å². The van der Waals surface area contributed by atoms with Crippen LogP contribution in [0.4, 0.5) is 10.1 Å². The molecule has 1 N–H and O–H groups in total. The van der Waals surface area contributed by atoms with Crippen LogP contribution in [0.3, 0.4) is 0 Å². The molecule has 160 valence electrons. The zero-order valence-electron chi connectivity index (χ0n) is 17.1. The van der Waals surface area contributed by atoms with E-state index in [-0.39, 0.29) is 17.6 Å². The van der Waals surface area contributed by atoms with Crippen LogP contribution in [0.2, 0.25) is 5.02 Å². The Morgan fingerprint density at radius 3 is 2.48 bits per heavy atom. The largest absolute Gasteiger partial charge is 0.325 e. The van der Waals surface area contributed by atoms with Crippen molar-refractivity contribution in [3.05, 3.63) is 89.2 Å². The average Bonchev–Trinajstić information content (AvgIpc) is 2.78. The molecule has 3 nitrogen and oxygen atoms in total. The molecule has 0 atom stereocenters. The highest BCUT2D eigenvalue weighted by Crippen LogP contribution is 2.34. The van der Waals surface area contributed by atoms with E-state index in [0.717, 1.165) is 41.4 Å².